The normalized spacial score (nSPS) is 10.4. The van der Waals surface area contributed by atoms with Crippen molar-refractivity contribution in [1.29, 1.82) is 0 Å². The van der Waals surface area contributed by atoms with Crippen LogP contribution in [0.15, 0.2) is 23.7 Å². The van der Waals surface area contributed by atoms with Gasteiger partial charge < -0.3 is 5.32 Å². The van der Waals surface area contributed by atoms with Crippen LogP contribution in [0, 0.1) is 6.92 Å². The summed E-state index contributed by atoms with van der Waals surface area (Å²) in [6.07, 6.45) is 3.23. The molecule has 5 heteroatoms. The van der Waals surface area contributed by atoms with Gasteiger partial charge in [-0.1, -0.05) is 6.07 Å². The summed E-state index contributed by atoms with van der Waals surface area (Å²) in [7, 11) is 0. The highest BCUT2D eigenvalue weighted by Crippen LogP contribution is 2.11. The molecule has 0 bridgehead atoms. The van der Waals surface area contributed by atoms with Crippen LogP contribution in [0.3, 0.4) is 0 Å². The smallest absolute Gasteiger partial charge is 0.225 e. The Bertz CT molecular complexity index is 476. The SMILES string of the molecule is Cc1ncc(CCNC(=O)Cc2cccs2)s1. The Labute approximate surface area is 109 Å². The number of nitrogens with zero attached hydrogens (tertiary/aromatic N) is 1. The third kappa shape index (κ3) is 3.94. The van der Waals surface area contributed by atoms with Crippen LogP contribution in [0.2, 0.25) is 0 Å². The third-order valence-corrected chi connectivity index (χ3v) is 4.13. The van der Waals surface area contributed by atoms with Crippen LogP contribution in [-0.4, -0.2) is 17.4 Å². The molecule has 2 heterocycles. The van der Waals surface area contributed by atoms with E-state index >= 15 is 0 Å². The zero-order chi connectivity index (χ0) is 12.1. The Balaban J connectivity index is 1.70. The van der Waals surface area contributed by atoms with Crippen molar-refractivity contribution in [3.63, 3.8) is 0 Å². The Hall–Kier alpha value is -1.20. The maximum atomic E-state index is 11.6. The minimum atomic E-state index is 0.0914. The highest BCUT2D eigenvalue weighted by atomic mass is 32.1. The number of carbonyl (C=O) groups excluding carboxylic acids is 1. The van der Waals surface area contributed by atoms with Gasteiger partial charge in [0.15, 0.2) is 0 Å². The molecule has 0 aliphatic rings. The molecule has 0 aliphatic carbocycles. The fourth-order valence-electron chi connectivity index (χ4n) is 1.48. The quantitative estimate of drug-likeness (QED) is 0.903. The first-order valence-corrected chi connectivity index (χ1v) is 7.14. The molecule has 1 amide bonds. The van der Waals surface area contributed by atoms with E-state index in [-0.39, 0.29) is 5.91 Å². The average molecular weight is 266 g/mol. The molecule has 0 spiro atoms. The van der Waals surface area contributed by atoms with E-state index in [0.717, 1.165) is 16.3 Å². The van der Waals surface area contributed by atoms with Crippen molar-refractivity contribution in [1.82, 2.24) is 10.3 Å². The Morgan fingerprint density at radius 2 is 2.35 bits per heavy atom. The Kier molecular flexibility index (Phi) is 4.28. The first-order valence-electron chi connectivity index (χ1n) is 5.44. The Morgan fingerprint density at radius 1 is 1.47 bits per heavy atom. The van der Waals surface area contributed by atoms with Gasteiger partial charge in [-0.2, -0.15) is 0 Å². The lowest BCUT2D eigenvalue weighted by atomic mass is 10.3. The predicted octanol–water partition coefficient (Wildman–Crippen LogP) is 2.41. The van der Waals surface area contributed by atoms with E-state index in [4.69, 9.17) is 0 Å². The van der Waals surface area contributed by atoms with Crippen LogP contribution in [0.25, 0.3) is 0 Å². The van der Waals surface area contributed by atoms with E-state index in [1.807, 2.05) is 30.6 Å². The van der Waals surface area contributed by atoms with Crippen molar-refractivity contribution in [3.8, 4) is 0 Å². The molecule has 2 aromatic rings. The minimum absolute atomic E-state index is 0.0914. The molecular formula is C12H14N2OS2. The van der Waals surface area contributed by atoms with E-state index in [9.17, 15) is 4.79 Å². The zero-order valence-electron chi connectivity index (χ0n) is 9.60. The molecule has 0 saturated carbocycles. The van der Waals surface area contributed by atoms with Crippen LogP contribution in [-0.2, 0) is 17.6 Å². The summed E-state index contributed by atoms with van der Waals surface area (Å²) in [6.45, 7) is 2.68. The maximum absolute atomic E-state index is 11.6. The van der Waals surface area contributed by atoms with Gasteiger partial charge in [-0.05, 0) is 18.4 Å². The van der Waals surface area contributed by atoms with Crippen LogP contribution in [0.1, 0.15) is 14.8 Å². The third-order valence-electron chi connectivity index (χ3n) is 2.28. The monoisotopic (exact) mass is 266 g/mol. The second-order valence-electron chi connectivity index (χ2n) is 3.70. The van der Waals surface area contributed by atoms with Crippen LogP contribution >= 0.6 is 22.7 Å². The van der Waals surface area contributed by atoms with Crippen LogP contribution < -0.4 is 5.32 Å². The van der Waals surface area contributed by atoms with Crippen molar-refractivity contribution in [2.24, 2.45) is 0 Å². The largest absolute Gasteiger partial charge is 0.355 e. The van der Waals surface area contributed by atoms with Gasteiger partial charge in [-0.3, -0.25) is 4.79 Å². The van der Waals surface area contributed by atoms with Crippen molar-refractivity contribution in [3.05, 3.63) is 38.5 Å². The van der Waals surface area contributed by atoms with Crippen LogP contribution in [0.4, 0.5) is 0 Å². The van der Waals surface area contributed by atoms with Crippen molar-refractivity contribution in [2.75, 3.05) is 6.54 Å². The standard InChI is InChI=1S/C12H14N2OS2/c1-9-14-8-11(17-9)4-5-13-12(15)7-10-3-2-6-16-10/h2-3,6,8H,4-5,7H2,1H3,(H,13,15). The van der Waals surface area contributed by atoms with E-state index < -0.39 is 0 Å². The summed E-state index contributed by atoms with van der Waals surface area (Å²) < 4.78 is 0. The average Bonchev–Trinajstić information content (AvgIpc) is 2.90. The highest BCUT2D eigenvalue weighted by molar-refractivity contribution is 7.11. The van der Waals surface area contributed by atoms with Crippen LogP contribution in [0.5, 0.6) is 0 Å². The Morgan fingerprint density at radius 3 is 3.00 bits per heavy atom. The van der Waals surface area contributed by atoms with Crippen molar-refractivity contribution >= 4 is 28.6 Å². The van der Waals surface area contributed by atoms with Gasteiger partial charge in [0.1, 0.15) is 0 Å². The summed E-state index contributed by atoms with van der Waals surface area (Å²) >= 11 is 3.30. The molecular weight excluding hydrogens is 252 g/mol. The van der Waals surface area contributed by atoms with Gasteiger partial charge in [0.25, 0.3) is 0 Å². The molecule has 90 valence electrons. The summed E-state index contributed by atoms with van der Waals surface area (Å²) in [5.74, 6) is 0.0914. The number of nitrogens with one attached hydrogen (secondary N) is 1. The number of aryl methyl sites for hydroxylation is 1. The van der Waals surface area contributed by atoms with E-state index in [0.29, 0.717) is 13.0 Å². The lowest BCUT2D eigenvalue weighted by Crippen LogP contribution is -2.26. The van der Waals surface area contributed by atoms with Gasteiger partial charge in [-0.15, -0.1) is 22.7 Å². The highest BCUT2D eigenvalue weighted by Gasteiger charge is 2.04. The number of thiophene rings is 1. The minimum Gasteiger partial charge on any atom is -0.355 e. The summed E-state index contributed by atoms with van der Waals surface area (Å²) in [5.41, 5.74) is 0. The number of rotatable bonds is 5. The first kappa shape index (κ1) is 12.3. The number of thiazole rings is 1. The van der Waals surface area contributed by atoms with Gasteiger partial charge in [-0.25, -0.2) is 4.98 Å². The van der Waals surface area contributed by atoms with E-state index in [1.165, 1.54) is 4.88 Å². The molecule has 17 heavy (non-hydrogen) atoms. The molecule has 0 atom stereocenters. The summed E-state index contributed by atoms with van der Waals surface area (Å²) in [6, 6.07) is 3.95. The van der Waals surface area contributed by atoms with Gasteiger partial charge >= 0.3 is 0 Å². The number of hydrogen-bond acceptors (Lipinski definition) is 4. The lowest BCUT2D eigenvalue weighted by molar-refractivity contribution is -0.120. The second-order valence-corrected chi connectivity index (χ2v) is 6.05. The molecule has 0 radical (unpaired) electrons. The topological polar surface area (TPSA) is 42.0 Å². The van der Waals surface area contributed by atoms with Gasteiger partial charge in [0.05, 0.1) is 11.4 Å². The second kappa shape index (κ2) is 5.93. The first-order chi connectivity index (χ1) is 8.24. The fourth-order valence-corrected chi connectivity index (χ4v) is 2.98. The number of amides is 1. The molecule has 1 N–H and O–H groups in total. The molecule has 0 fully saturated rings. The van der Waals surface area contributed by atoms with E-state index in [1.54, 1.807) is 22.7 Å². The number of carbonyl (C=O) groups is 1. The maximum Gasteiger partial charge on any atom is 0.225 e. The summed E-state index contributed by atoms with van der Waals surface area (Å²) in [4.78, 5) is 18.1. The molecule has 2 aromatic heterocycles. The predicted molar refractivity (Wildman–Crippen MR) is 71.6 cm³/mol. The summed E-state index contributed by atoms with van der Waals surface area (Å²) in [5, 5.41) is 5.99. The zero-order valence-corrected chi connectivity index (χ0v) is 11.2. The number of aromatic nitrogens is 1. The lowest BCUT2D eigenvalue weighted by Gasteiger charge is -2.02. The van der Waals surface area contributed by atoms with Crippen molar-refractivity contribution in [2.45, 2.75) is 19.8 Å². The molecule has 0 saturated heterocycles. The molecule has 0 aliphatic heterocycles. The van der Waals surface area contributed by atoms with Gasteiger partial charge in [0, 0.05) is 28.9 Å². The van der Waals surface area contributed by atoms with Crippen molar-refractivity contribution < 1.29 is 4.79 Å². The number of hydrogen-bond donors (Lipinski definition) is 1. The van der Waals surface area contributed by atoms with Gasteiger partial charge in [0.2, 0.25) is 5.91 Å². The molecule has 2 rings (SSSR count). The molecule has 3 nitrogen and oxygen atoms in total. The molecule has 0 aromatic carbocycles. The fraction of sp³-hybridized carbons (Fsp3) is 0.333. The van der Waals surface area contributed by atoms with E-state index in [2.05, 4.69) is 10.3 Å². The molecule has 0 unspecified atom stereocenters.